The summed E-state index contributed by atoms with van der Waals surface area (Å²) in [6, 6.07) is 7.51. The van der Waals surface area contributed by atoms with E-state index in [1.54, 1.807) is 6.92 Å². The van der Waals surface area contributed by atoms with Gasteiger partial charge < -0.3 is 14.8 Å². The van der Waals surface area contributed by atoms with E-state index in [1.807, 2.05) is 31.2 Å². The van der Waals surface area contributed by atoms with Crippen LogP contribution in [0, 0.1) is 6.92 Å². The molecule has 3 aromatic rings. The minimum Gasteiger partial charge on any atom is -0.361 e. The number of para-hydroxylation sites is 2. The molecule has 0 saturated carbocycles. The molecule has 0 radical (unpaired) electrons. The number of carbonyl (C=O) groups is 1. The highest BCUT2D eigenvalue weighted by atomic mass is 16.5. The van der Waals surface area contributed by atoms with Crippen molar-refractivity contribution < 1.29 is 9.32 Å². The summed E-state index contributed by atoms with van der Waals surface area (Å²) in [6.45, 7) is 3.58. The first-order chi connectivity index (χ1) is 9.65. The van der Waals surface area contributed by atoms with Crippen molar-refractivity contribution in [3.8, 4) is 0 Å². The molecule has 2 N–H and O–H groups in total. The Kier molecular flexibility index (Phi) is 2.98. The average Bonchev–Trinajstić information content (AvgIpc) is 3.04. The van der Waals surface area contributed by atoms with Crippen molar-refractivity contribution in [3.05, 3.63) is 47.6 Å². The van der Waals surface area contributed by atoms with Crippen molar-refractivity contribution in [2.45, 2.75) is 19.9 Å². The van der Waals surface area contributed by atoms with Crippen molar-refractivity contribution in [2.24, 2.45) is 0 Å². The molecule has 0 spiro atoms. The molecule has 3 rings (SSSR count). The zero-order valence-corrected chi connectivity index (χ0v) is 11.2. The van der Waals surface area contributed by atoms with Crippen molar-refractivity contribution in [1.29, 1.82) is 0 Å². The summed E-state index contributed by atoms with van der Waals surface area (Å²) in [7, 11) is 0. The van der Waals surface area contributed by atoms with Crippen LogP contribution < -0.4 is 5.32 Å². The Morgan fingerprint density at radius 3 is 2.90 bits per heavy atom. The Labute approximate surface area is 115 Å². The number of aromatic amines is 1. The largest absolute Gasteiger partial charge is 0.361 e. The van der Waals surface area contributed by atoms with Gasteiger partial charge in [-0.1, -0.05) is 17.3 Å². The lowest BCUT2D eigenvalue weighted by atomic mass is 10.2. The van der Waals surface area contributed by atoms with Gasteiger partial charge in [-0.05, 0) is 26.0 Å². The van der Waals surface area contributed by atoms with E-state index in [0.29, 0.717) is 17.1 Å². The van der Waals surface area contributed by atoms with Gasteiger partial charge in [0.25, 0.3) is 5.91 Å². The third-order valence-electron chi connectivity index (χ3n) is 3.16. The number of nitrogens with zero attached hydrogens (tertiary/aromatic N) is 2. The molecule has 6 nitrogen and oxygen atoms in total. The van der Waals surface area contributed by atoms with Gasteiger partial charge in [-0.25, -0.2) is 4.98 Å². The van der Waals surface area contributed by atoms with Gasteiger partial charge in [-0.2, -0.15) is 0 Å². The quantitative estimate of drug-likeness (QED) is 0.765. The molecule has 6 heteroatoms. The molecule has 2 heterocycles. The first-order valence-electron chi connectivity index (χ1n) is 6.32. The van der Waals surface area contributed by atoms with Crippen molar-refractivity contribution in [1.82, 2.24) is 20.4 Å². The van der Waals surface area contributed by atoms with Crippen LogP contribution in [0.25, 0.3) is 11.0 Å². The summed E-state index contributed by atoms with van der Waals surface area (Å²) in [5, 5.41) is 6.47. The van der Waals surface area contributed by atoms with Crippen molar-refractivity contribution in [3.63, 3.8) is 0 Å². The molecule has 1 unspecified atom stereocenters. The van der Waals surface area contributed by atoms with E-state index in [0.717, 1.165) is 11.0 Å². The zero-order chi connectivity index (χ0) is 14.1. The number of rotatable bonds is 3. The maximum Gasteiger partial charge on any atom is 0.257 e. The van der Waals surface area contributed by atoms with Crippen molar-refractivity contribution >= 4 is 16.9 Å². The van der Waals surface area contributed by atoms with Gasteiger partial charge in [-0.15, -0.1) is 0 Å². The molecule has 102 valence electrons. The molecule has 1 atom stereocenters. The standard InChI is InChI=1S/C14H14N4O2/c1-8(16-14(19)10-7-15-20-9(10)2)13-17-11-5-3-4-6-12(11)18-13/h3-8H,1-2H3,(H,16,19)(H,17,18). The molecule has 1 amide bonds. The number of benzene rings is 1. The molecule has 0 aliphatic heterocycles. The first-order valence-corrected chi connectivity index (χ1v) is 6.32. The highest BCUT2D eigenvalue weighted by molar-refractivity contribution is 5.95. The number of hydrogen-bond donors (Lipinski definition) is 2. The van der Waals surface area contributed by atoms with Crippen LogP contribution in [0.3, 0.4) is 0 Å². The van der Waals surface area contributed by atoms with Gasteiger partial charge in [0.05, 0.1) is 23.3 Å². The van der Waals surface area contributed by atoms with E-state index in [-0.39, 0.29) is 11.9 Å². The molecule has 0 fully saturated rings. The fraction of sp³-hybridized carbons (Fsp3) is 0.214. The molecule has 0 bridgehead atoms. The third kappa shape index (κ3) is 2.16. The summed E-state index contributed by atoms with van der Waals surface area (Å²) in [6.07, 6.45) is 1.41. The maximum absolute atomic E-state index is 12.1. The molecule has 0 aliphatic rings. The van der Waals surface area contributed by atoms with Crippen molar-refractivity contribution in [2.75, 3.05) is 0 Å². The number of aryl methyl sites for hydroxylation is 1. The second-order valence-electron chi connectivity index (χ2n) is 4.63. The summed E-state index contributed by atoms with van der Waals surface area (Å²) < 4.78 is 4.89. The van der Waals surface area contributed by atoms with Crippen LogP contribution >= 0.6 is 0 Å². The third-order valence-corrected chi connectivity index (χ3v) is 3.16. The molecule has 0 aliphatic carbocycles. The lowest BCUT2D eigenvalue weighted by molar-refractivity contribution is 0.0937. The minimum atomic E-state index is -0.232. The van der Waals surface area contributed by atoms with Crippen LogP contribution in [-0.4, -0.2) is 21.0 Å². The first kappa shape index (κ1) is 12.4. The lowest BCUT2D eigenvalue weighted by Gasteiger charge is -2.10. The van der Waals surface area contributed by atoms with E-state index in [4.69, 9.17) is 4.52 Å². The number of fused-ring (bicyclic) bond motifs is 1. The number of nitrogens with one attached hydrogen (secondary N) is 2. The van der Waals surface area contributed by atoms with Gasteiger partial charge in [-0.3, -0.25) is 4.79 Å². The van der Waals surface area contributed by atoms with Gasteiger partial charge in [0, 0.05) is 0 Å². The summed E-state index contributed by atoms with van der Waals surface area (Å²) in [5.74, 6) is 0.990. The van der Waals surface area contributed by atoms with Gasteiger partial charge in [0.15, 0.2) is 0 Å². The van der Waals surface area contributed by atoms with Gasteiger partial charge in [0.2, 0.25) is 0 Å². The molecular formula is C14H14N4O2. The smallest absolute Gasteiger partial charge is 0.257 e. The Hall–Kier alpha value is -2.63. The van der Waals surface area contributed by atoms with Crippen LogP contribution in [0.15, 0.2) is 35.0 Å². The highest BCUT2D eigenvalue weighted by Crippen LogP contribution is 2.16. The predicted molar refractivity (Wildman–Crippen MR) is 73.2 cm³/mol. The molecule has 0 saturated heterocycles. The van der Waals surface area contributed by atoms with E-state index >= 15 is 0 Å². The number of amides is 1. The van der Waals surface area contributed by atoms with E-state index < -0.39 is 0 Å². The minimum absolute atomic E-state index is 0.225. The molecule has 20 heavy (non-hydrogen) atoms. The fourth-order valence-electron chi connectivity index (χ4n) is 2.04. The molecule has 2 aromatic heterocycles. The Bertz CT molecular complexity index is 726. The monoisotopic (exact) mass is 270 g/mol. The number of aromatic nitrogens is 3. The average molecular weight is 270 g/mol. The Morgan fingerprint density at radius 1 is 1.40 bits per heavy atom. The summed E-state index contributed by atoms with van der Waals surface area (Å²) in [5.41, 5.74) is 2.27. The highest BCUT2D eigenvalue weighted by Gasteiger charge is 2.17. The number of imidazole rings is 1. The van der Waals surface area contributed by atoms with E-state index in [9.17, 15) is 4.79 Å². The van der Waals surface area contributed by atoms with E-state index in [1.165, 1.54) is 6.20 Å². The lowest BCUT2D eigenvalue weighted by Crippen LogP contribution is -2.27. The molecule has 1 aromatic carbocycles. The van der Waals surface area contributed by atoms with Crippen LogP contribution in [0.1, 0.15) is 34.9 Å². The zero-order valence-electron chi connectivity index (χ0n) is 11.2. The van der Waals surface area contributed by atoms with Gasteiger partial charge in [0.1, 0.15) is 17.1 Å². The SMILES string of the molecule is Cc1oncc1C(=O)NC(C)c1nc2ccccc2[nH]1. The van der Waals surface area contributed by atoms with Crippen LogP contribution in [0.5, 0.6) is 0 Å². The normalized spacial score (nSPS) is 12.5. The maximum atomic E-state index is 12.1. The second-order valence-corrected chi connectivity index (χ2v) is 4.63. The summed E-state index contributed by atoms with van der Waals surface area (Å²) >= 11 is 0. The topological polar surface area (TPSA) is 83.8 Å². The van der Waals surface area contributed by atoms with Crippen LogP contribution in [-0.2, 0) is 0 Å². The number of H-pyrrole nitrogens is 1. The second kappa shape index (κ2) is 4.80. The van der Waals surface area contributed by atoms with E-state index in [2.05, 4.69) is 20.4 Å². The summed E-state index contributed by atoms with van der Waals surface area (Å²) in [4.78, 5) is 19.7. The number of hydrogen-bond acceptors (Lipinski definition) is 4. The molecular weight excluding hydrogens is 256 g/mol. The van der Waals surface area contributed by atoms with Crippen LogP contribution in [0.2, 0.25) is 0 Å². The Balaban J connectivity index is 1.80. The fourth-order valence-corrected chi connectivity index (χ4v) is 2.04. The predicted octanol–water partition coefficient (Wildman–Crippen LogP) is 2.35. The van der Waals surface area contributed by atoms with Gasteiger partial charge >= 0.3 is 0 Å². The van der Waals surface area contributed by atoms with Crippen LogP contribution in [0.4, 0.5) is 0 Å². The Morgan fingerprint density at radius 2 is 2.20 bits per heavy atom. The number of carbonyl (C=O) groups excluding carboxylic acids is 1.